The van der Waals surface area contributed by atoms with Crippen molar-refractivity contribution in [1.82, 2.24) is 0 Å². The summed E-state index contributed by atoms with van der Waals surface area (Å²) in [4.78, 5) is 2.36. The molecule has 0 aliphatic heterocycles. The molecule has 2 nitrogen and oxygen atoms in total. The summed E-state index contributed by atoms with van der Waals surface area (Å²) < 4.78 is 6.59. The molecule has 0 atom stereocenters. The Balaban J connectivity index is 1.16. The molecule has 52 heavy (non-hydrogen) atoms. The first-order chi connectivity index (χ1) is 25.6. The van der Waals surface area contributed by atoms with Crippen LogP contribution in [0, 0.1) is 13.8 Å². The van der Waals surface area contributed by atoms with Crippen LogP contribution in [0.4, 0.5) is 17.1 Å². The summed E-state index contributed by atoms with van der Waals surface area (Å²) in [6.07, 6.45) is 0. The molecule has 0 fully saturated rings. The molecule has 0 aliphatic carbocycles. The summed E-state index contributed by atoms with van der Waals surface area (Å²) in [5.41, 5.74) is 12.5. The zero-order valence-electron chi connectivity index (χ0n) is 29.1. The highest BCUT2D eigenvalue weighted by Crippen LogP contribution is 2.47. The molecule has 2 heteroatoms. The Labute approximate surface area is 302 Å². The molecule has 0 N–H and O–H groups in total. The van der Waals surface area contributed by atoms with E-state index in [1.807, 2.05) is 6.07 Å². The summed E-state index contributed by atoms with van der Waals surface area (Å²) in [6, 6.07) is 63.8. The lowest BCUT2D eigenvalue weighted by atomic mass is 9.85. The first-order valence-electron chi connectivity index (χ1n) is 17.9. The largest absolute Gasteiger partial charge is 0.455 e. The molecule has 0 amide bonds. The van der Waals surface area contributed by atoms with E-state index in [9.17, 15) is 0 Å². The van der Waals surface area contributed by atoms with Gasteiger partial charge in [0.05, 0.1) is 0 Å². The number of hydrogen-bond donors (Lipinski definition) is 0. The van der Waals surface area contributed by atoms with E-state index in [4.69, 9.17) is 4.42 Å². The Morgan fingerprint density at radius 1 is 0.385 bits per heavy atom. The normalized spacial score (nSPS) is 11.7. The molecule has 246 valence electrons. The SMILES string of the molecule is Cc1cccc(N(c2cccc(C)c2)c2ccc3cc(-c4c5ccccc5c(-c5cccc6c5oc5ccccc56)c5ccccc45)ccc3c2)c1. The van der Waals surface area contributed by atoms with Gasteiger partial charge in [0.25, 0.3) is 0 Å². The van der Waals surface area contributed by atoms with Gasteiger partial charge in [-0.2, -0.15) is 0 Å². The van der Waals surface area contributed by atoms with Crippen molar-refractivity contribution in [3.8, 4) is 22.3 Å². The summed E-state index contributed by atoms with van der Waals surface area (Å²) in [6.45, 7) is 4.30. The van der Waals surface area contributed by atoms with Gasteiger partial charge in [-0.25, -0.2) is 0 Å². The minimum atomic E-state index is 0.912. The Hall–Kier alpha value is -6.64. The fourth-order valence-electron chi connectivity index (χ4n) is 8.18. The maximum atomic E-state index is 6.59. The average molecular weight is 666 g/mol. The zero-order chi connectivity index (χ0) is 34.8. The molecule has 0 saturated heterocycles. The average Bonchev–Trinajstić information content (AvgIpc) is 3.56. The molecule has 0 bridgehead atoms. The van der Waals surface area contributed by atoms with Crippen molar-refractivity contribution < 1.29 is 4.42 Å². The number of hydrogen-bond acceptors (Lipinski definition) is 2. The van der Waals surface area contributed by atoms with Crippen LogP contribution in [-0.4, -0.2) is 0 Å². The van der Waals surface area contributed by atoms with Crippen LogP contribution < -0.4 is 4.90 Å². The van der Waals surface area contributed by atoms with Crippen LogP contribution in [0.3, 0.4) is 0 Å². The first kappa shape index (κ1) is 30.2. The number of rotatable bonds is 5. The van der Waals surface area contributed by atoms with E-state index >= 15 is 0 Å². The van der Waals surface area contributed by atoms with Gasteiger partial charge in [0.2, 0.25) is 0 Å². The number of benzene rings is 9. The maximum Gasteiger partial charge on any atom is 0.143 e. The van der Waals surface area contributed by atoms with Gasteiger partial charge in [-0.3, -0.25) is 0 Å². The number of aryl methyl sites for hydroxylation is 2. The minimum absolute atomic E-state index is 0.912. The second kappa shape index (κ2) is 12.0. The zero-order valence-corrected chi connectivity index (χ0v) is 29.1. The molecule has 9 aromatic carbocycles. The van der Waals surface area contributed by atoms with Crippen molar-refractivity contribution >= 4 is 71.3 Å². The lowest BCUT2D eigenvalue weighted by Crippen LogP contribution is -2.10. The molecular weight excluding hydrogens is 631 g/mol. The first-order valence-corrected chi connectivity index (χ1v) is 17.9. The van der Waals surface area contributed by atoms with E-state index in [0.717, 1.165) is 44.6 Å². The number of para-hydroxylation sites is 2. The van der Waals surface area contributed by atoms with Crippen molar-refractivity contribution in [3.05, 3.63) is 187 Å². The smallest absolute Gasteiger partial charge is 0.143 e. The second-order valence-electron chi connectivity index (χ2n) is 13.9. The Bertz CT molecular complexity index is 2900. The predicted octanol–water partition coefficient (Wildman–Crippen LogP) is 14.5. The van der Waals surface area contributed by atoms with Crippen LogP contribution in [-0.2, 0) is 0 Å². The van der Waals surface area contributed by atoms with E-state index in [-0.39, 0.29) is 0 Å². The molecule has 10 aromatic rings. The summed E-state index contributed by atoms with van der Waals surface area (Å²) in [5.74, 6) is 0. The highest BCUT2D eigenvalue weighted by molar-refractivity contribution is 6.24. The summed E-state index contributed by atoms with van der Waals surface area (Å²) in [7, 11) is 0. The topological polar surface area (TPSA) is 16.4 Å². The van der Waals surface area contributed by atoms with E-state index in [1.54, 1.807) is 0 Å². The maximum absolute atomic E-state index is 6.59. The third-order valence-corrected chi connectivity index (χ3v) is 10.5. The third kappa shape index (κ3) is 4.87. The van der Waals surface area contributed by atoms with Crippen LogP contribution in [0.15, 0.2) is 180 Å². The third-order valence-electron chi connectivity index (χ3n) is 10.5. The van der Waals surface area contributed by atoms with Crippen LogP contribution in [0.5, 0.6) is 0 Å². The molecule has 1 aromatic heterocycles. The Kier molecular flexibility index (Phi) is 6.97. The fourth-order valence-corrected chi connectivity index (χ4v) is 8.18. The van der Waals surface area contributed by atoms with Gasteiger partial charge < -0.3 is 9.32 Å². The Morgan fingerprint density at radius 3 is 1.56 bits per heavy atom. The fraction of sp³-hybridized carbons (Fsp3) is 0.0400. The lowest BCUT2D eigenvalue weighted by Gasteiger charge is -2.26. The van der Waals surface area contributed by atoms with Gasteiger partial charge in [0.1, 0.15) is 11.2 Å². The highest BCUT2D eigenvalue weighted by Gasteiger charge is 2.20. The number of nitrogens with zero attached hydrogens (tertiary/aromatic N) is 1. The van der Waals surface area contributed by atoms with E-state index in [2.05, 4.69) is 189 Å². The standard InChI is InChI=1S/C50H35NO/c1-32-12-9-14-37(28-32)51(38-15-10-13-33(2)29-38)39-27-26-34-30-36(25-24-35(34)31-39)48-41-17-3-5-19-43(41)49(44-20-6-4-18-42(44)48)46-22-11-21-45-40-16-7-8-23-47(40)52-50(45)46/h3-31H,1-2H3. The molecule has 0 saturated carbocycles. The van der Waals surface area contributed by atoms with Crippen LogP contribution in [0.2, 0.25) is 0 Å². The molecule has 0 radical (unpaired) electrons. The van der Waals surface area contributed by atoms with Gasteiger partial charge in [-0.1, -0.05) is 127 Å². The molecule has 0 spiro atoms. The van der Waals surface area contributed by atoms with Crippen LogP contribution >= 0.6 is 0 Å². The van der Waals surface area contributed by atoms with Crippen molar-refractivity contribution in [3.63, 3.8) is 0 Å². The Morgan fingerprint density at radius 2 is 0.904 bits per heavy atom. The predicted molar refractivity (Wildman–Crippen MR) is 221 cm³/mol. The van der Waals surface area contributed by atoms with Crippen molar-refractivity contribution in [1.29, 1.82) is 0 Å². The van der Waals surface area contributed by atoms with Crippen molar-refractivity contribution in [2.24, 2.45) is 0 Å². The van der Waals surface area contributed by atoms with Gasteiger partial charge in [-0.15, -0.1) is 0 Å². The van der Waals surface area contributed by atoms with Crippen molar-refractivity contribution in [2.45, 2.75) is 13.8 Å². The minimum Gasteiger partial charge on any atom is -0.455 e. The van der Waals surface area contributed by atoms with Crippen LogP contribution in [0.25, 0.3) is 76.5 Å². The van der Waals surface area contributed by atoms with Crippen LogP contribution in [0.1, 0.15) is 11.1 Å². The monoisotopic (exact) mass is 665 g/mol. The molecule has 0 aliphatic rings. The van der Waals surface area contributed by atoms with E-state index < -0.39 is 0 Å². The number of anilines is 3. The quantitative estimate of drug-likeness (QED) is 0.170. The molecule has 1 heterocycles. The van der Waals surface area contributed by atoms with Gasteiger partial charge in [0.15, 0.2) is 0 Å². The lowest BCUT2D eigenvalue weighted by molar-refractivity contribution is 0.670. The van der Waals surface area contributed by atoms with Gasteiger partial charge in [-0.05, 0) is 117 Å². The van der Waals surface area contributed by atoms with E-state index in [0.29, 0.717) is 0 Å². The molecule has 10 rings (SSSR count). The van der Waals surface area contributed by atoms with Gasteiger partial charge in [0, 0.05) is 39.0 Å². The second-order valence-corrected chi connectivity index (χ2v) is 13.9. The van der Waals surface area contributed by atoms with E-state index in [1.165, 1.54) is 60.1 Å². The van der Waals surface area contributed by atoms with Gasteiger partial charge >= 0.3 is 0 Å². The number of furan rings is 1. The molecular formula is C50H35NO. The highest BCUT2D eigenvalue weighted by atomic mass is 16.3. The summed E-state index contributed by atoms with van der Waals surface area (Å²) >= 11 is 0. The molecule has 0 unspecified atom stereocenters. The van der Waals surface area contributed by atoms with Crippen molar-refractivity contribution in [2.75, 3.05) is 4.90 Å². The summed E-state index contributed by atoms with van der Waals surface area (Å²) in [5, 5.41) is 9.58. The number of fused-ring (bicyclic) bond motifs is 6.